The van der Waals surface area contributed by atoms with E-state index in [0.717, 1.165) is 22.6 Å². The van der Waals surface area contributed by atoms with Gasteiger partial charge in [0, 0.05) is 0 Å². The van der Waals surface area contributed by atoms with Gasteiger partial charge >= 0.3 is 0 Å². The number of halogens is 1. The molecule has 0 spiro atoms. The van der Waals surface area contributed by atoms with Crippen LogP contribution in [0.25, 0.3) is 11.0 Å². The molecule has 0 aliphatic rings. The summed E-state index contributed by atoms with van der Waals surface area (Å²) in [4.78, 5) is 4.74. The average molecular weight is 393 g/mol. The highest BCUT2D eigenvalue weighted by molar-refractivity contribution is 6.32. The molecule has 5 heteroatoms. The van der Waals surface area contributed by atoms with Crippen LogP contribution < -0.4 is 9.47 Å². The minimum absolute atomic E-state index is 0.336. The van der Waals surface area contributed by atoms with Crippen LogP contribution in [0.4, 0.5) is 0 Å². The second-order valence-corrected chi connectivity index (χ2v) is 6.96. The van der Waals surface area contributed by atoms with Crippen molar-refractivity contribution in [1.82, 2.24) is 9.55 Å². The fourth-order valence-electron chi connectivity index (χ4n) is 3.15. The lowest BCUT2D eigenvalue weighted by Gasteiger charge is -2.12. The van der Waals surface area contributed by atoms with Gasteiger partial charge in [-0.05, 0) is 48.9 Å². The molecule has 0 saturated heterocycles. The molecule has 142 valence electrons. The quantitative estimate of drug-likeness (QED) is 0.407. The largest absolute Gasteiger partial charge is 0.492 e. The number of fused-ring (bicyclic) bond motifs is 1. The monoisotopic (exact) mass is 392 g/mol. The first kappa shape index (κ1) is 18.4. The topological polar surface area (TPSA) is 36.3 Å². The molecule has 0 unspecified atom stereocenters. The van der Waals surface area contributed by atoms with Gasteiger partial charge in [-0.2, -0.15) is 0 Å². The third-order valence-electron chi connectivity index (χ3n) is 4.50. The van der Waals surface area contributed by atoms with Crippen LogP contribution in [0.3, 0.4) is 0 Å². The molecule has 1 aromatic heterocycles. The molecule has 0 fully saturated rings. The minimum atomic E-state index is 0.336. The molecule has 4 rings (SSSR count). The highest BCUT2D eigenvalue weighted by Gasteiger charge is 2.12. The molecular formula is C23H21ClN2O2. The molecule has 0 atom stereocenters. The molecule has 0 amide bonds. The predicted molar refractivity (Wildman–Crippen MR) is 112 cm³/mol. The molecule has 0 aliphatic heterocycles. The molecule has 3 aromatic carbocycles. The maximum Gasteiger partial charge on any atom is 0.148 e. The van der Waals surface area contributed by atoms with Crippen LogP contribution in [0.15, 0.2) is 72.8 Å². The average Bonchev–Trinajstić information content (AvgIpc) is 3.05. The number of benzene rings is 3. The lowest BCUT2D eigenvalue weighted by atomic mass is 10.2. The molecule has 0 aliphatic carbocycles. The van der Waals surface area contributed by atoms with Crippen LogP contribution in [0.5, 0.6) is 11.5 Å². The van der Waals surface area contributed by atoms with Gasteiger partial charge in [-0.15, -0.1) is 0 Å². The first-order chi connectivity index (χ1) is 13.7. The number of para-hydroxylation sites is 3. The van der Waals surface area contributed by atoms with E-state index >= 15 is 0 Å². The van der Waals surface area contributed by atoms with Crippen molar-refractivity contribution in [2.75, 3.05) is 6.61 Å². The Labute approximate surface area is 169 Å². The summed E-state index contributed by atoms with van der Waals surface area (Å²) < 4.78 is 14.0. The summed E-state index contributed by atoms with van der Waals surface area (Å²) >= 11 is 6.20. The lowest BCUT2D eigenvalue weighted by Crippen LogP contribution is -2.13. The maximum absolute atomic E-state index is 6.20. The van der Waals surface area contributed by atoms with E-state index in [2.05, 4.69) is 23.6 Å². The van der Waals surface area contributed by atoms with Crippen molar-refractivity contribution in [2.24, 2.45) is 0 Å². The third kappa shape index (κ3) is 4.12. The standard InChI is InChI=1S/C23H21ClN2O2/c1-17-7-6-8-18(15-17)27-14-13-26-21-11-4-3-10-20(21)25-23(26)16-28-22-12-5-2-9-19(22)24/h2-12,15H,13-14,16H2,1H3. The third-order valence-corrected chi connectivity index (χ3v) is 4.81. The van der Waals surface area contributed by atoms with Gasteiger partial charge in [0.25, 0.3) is 0 Å². The number of imidazole rings is 1. The number of aryl methyl sites for hydroxylation is 1. The summed E-state index contributed by atoms with van der Waals surface area (Å²) in [6, 6.07) is 23.6. The first-order valence-corrected chi connectivity index (χ1v) is 9.59. The maximum atomic E-state index is 6.20. The van der Waals surface area contributed by atoms with Crippen LogP contribution in [-0.4, -0.2) is 16.2 Å². The fourth-order valence-corrected chi connectivity index (χ4v) is 3.34. The molecule has 4 aromatic rings. The van der Waals surface area contributed by atoms with Gasteiger partial charge in [0.05, 0.1) is 22.6 Å². The molecule has 1 heterocycles. The van der Waals surface area contributed by atoms with Gasteiger partial charge in [0.15, 0.2) is 0 Å². The van der Waals surface area contributed by atoms with E-state index in [9.17, 15) is 0 Å². The smallest absolute Gasteiger partial charge is 0.148 e. The van der Waals surface area contributed by atoms with Gasteiger partial charge in [0.2, 0.25) is 0 Å². The summed E-state index contributed by atoms with van der Waals surface area (Å²) in [5.74, 6) is 2.37. The Morgan fingerprint density at radius 3 is 2.61 bits per heavy atom. The summed E-state index contributed by atoms with van der Waals surface area (Å²) in [5.41, 5.74) is 3.18. The van der Waals surface area contributed by atoms with Crippen molar-refractivity contribution in [3.8, 4) is 11.5 Å². The Bertz CT molecular complexity index is 1090. The van der Waals surface area contributed by atoms with E-state index in [1.54, 1.807) is 0 Å². The summed E-state index contributed by atoms with van der Waals surface area (Å²) in [7, 11) is 0. The number of ether oxygens (including phenoxy) is 2. The first-order valence-electron chi connectivity index (χ1n) is 9.21. The van der Waals surface area contributed by atoms with E-state index < -0.39 is 0 Å². The van der Waals surface area contributed by atoms with E-state index in [0.29, 0.717) is 30.5 Å². The van der Waals surface area contributed by atoms with Crippen molar-refractivity contribution in [1.29, 1.82) is 0 Å². The molecule has 4 nitrogen and oxygen atoms in total. The summed E-state index contributed by atoms with van der Waals surface area (Å²) in [5, 5.41) is 0.591. The second-order valence-electron chi connectivity index (χ2n) is 6.55. The van der Waals surface area contributed by atoms with Gasteiger partial charge < -0.3 is 14.0 Å². The number of hydrogen-bond donors (Lipinski definition) is 0. The zero-order valence-electron chi connectivity index (χ0n) is 15.6. The van der Waals surface area contributed by atoms with Gasteiger partial charge in [-0.1, -0.05) is 48.0 Å². The van der Waals surface area contributed by atoms with Crippen molar-refractivity contribution in [2.45, 2.75) is 20.1 Å². The zero-order valence-corrected chi connectivity index (χ0v) is 16.4. The Balaban J connectivity index is 1.52. The van der Waals surface area contributed by atoms with E-state index in [4.69, 9.17) is 26.1 Å². The molecular weight excluding hydrogens is 372 g/mol. The molecule has 0 bridgehead atoms. The summed E-state index contributed by atoms with van der Waals surface area (Å²) in [6.45, 7) is 3.61. The Kier molecular flexibility index (Phi) is 5.49. The summed E-state index contributed by atoms with van der Waals surface area (Å²) in [6.07, 6.45) is 0. The highest BCUT2D eigenvalue weighted by atomic mass is 35.5. The number of aromatic nitrogens is 2. The molecule has 0 radical (unpaired) electrons. The van der Waals surface area contributed by atoms with Crippen LogP contribution in [0.2, 0.25) is 5.02 Å². The van der Waals surface area contributed by atoms with Crippen molar-refractivity contribution < 1.29 is 9.47 Å². The van der Waals surface area contributed by atoms with E-state index in [-0.39, 0.29) is 0 Å². The Hall–Kier alpha value is -2.98. The fraction of sp³-hybridized carbons (Fsp3) is 0.174. The van der Waals surface area contributed by atoms with E-state index in [1.165, 1.54) is 5.56 Å². The second kappa shape index (κ2) is 8.36. The highest BCUT2D eigenvalue weighted by Crippen LogP contribution is 2.25. The van der Waals surface area contributed by atoms with E-state index in [1.807, 2.05) is 60.7 Å². The van der Waals surface area contributed by atoms with Gasteiger partial charge in [-0.3, -0.25) is 0 Å². The van der Waals surface area contributed by atoms with Crippen LogP contribution >= 0.6 is 11.6 Å². The Morgan fingerprint density at radius 1 is 0.929 bits per heavy atom. The molecule has 0 saturated carbocycles. The lowest BCUT2D eigenvalue weighted by molar-refractivity contribution is 0.272. The molecule has 28 heavy (non-hydrogen) atoms. The predicted octanol–water partition coefficient (Wildman–Crippen LogP) is 5.66. The van der Waals surface area contributed by atoms with Crippen molar-refractivity contribution >= 4 is 22.6 Å². The van der Waals surface area contributed by atoms with Crippen LogP contribution in [-0.2, 0) is 13.2 Å². The SMILES string of the molecule is Cc1cccc(OCCn2c(COc3ccccc3Cl)nc3ccccc32)c1. The normalized spacial score (nSPS) is 10.9. The van der Waals surface area contributed by atoms with Crippen molar-refractivity contribution in [3.63, 3.8) is 0 Å². The van der Waals surface area contributed by atoms with Gasteiger partial charge in [0.1, 0.15) is 30.5 Å². The number of hydrogen-bond acceptors (Lipinski definition) is 3. The number of nitrogens with zero attached hydrogens (tertiary/aromatic N) is 2. The minimum Gasteiger partial charge on any atom is -0.492 e. The zero-order chi connectivity index (χ0) is 19.3. The van der Waals surface area contributed by atoms with Crippen LogP contribution in [0, 0.1) is 6.92 Å². The Morgan fingerprint density at radius 2 is 1.75 bits per heavy atom. The van der Waals surface area contributed by atoms with Crippen LogP contribution in [0.1, 0.15) is 11.4 Å². The molecule has 0 N–H and O–H groups in total. The number of rotatable bonds is 7. The van der Waals surface area contributed by atoms with Crippen molar-refractivity contribution in [3.05, 3.63) is 89.2 Å². The van der Waals surface area contributed by atoms with Gasteiger partial charge in [-0.25, -0.2) is 4.98 Å².